The molecule has 0 radical (unpaired) electrons. The van der Waals surface area contributed by atoms with Gasteiger partial charge in [-0.3, -0.25) is 14.4 Å². The molecule has 0 aliphatic rings. The monoisotopic (exact) mass is 253 g/mol. The van der Waals surface area contributed by atoms with Gasteiger partial charge in [-0.2, -0.15) is 0 Å². The summed E-state index contributed by atoms with van der Waals surface area (Å²) in [7, 11) is 0. The number of carboxylic acid groups (broad SMARTS) is 2. The summed E-state index contributed by atoms with van der Waals surface area (Å²) in [6, 6.07) is 2.80. The number of carbonyl (C=O) groups excluding carboxylic acids is 1. The normalized spacial score (nSPS) is 9.78. The van der Waals surface area contributed by atoms with Gasteiger partial charge in [-0.15, -0.1) is 0 Å². The first-order valence-corrected chi connectivity index (χ1v) is 4.85. The van der Waals surface area contributed by atoms with Crippen LogP contribution < -0.4 is 5.73 Å². The molecule has 0 spiro atoms. The van der Waals surface area contributed by atoms with E-state index in [1.54, 1.807) is 0 Å². The number of amides is 1. The number of carboxylic acids is 2. The summed E-state index contributed by atoms with van der Waals surface area (Å²) in [6.07, 6.45) is 1.37. The van der Waals surface area contributed by atoms with Crippen LogP contribution in [0.5, 0.6) is 0 Å². The van der Waals surface area contributed by atoms with Gasteiger partial charge in [-0.1, -0.05) is 0 Å². The van der Waals surface area contributed by atoms with E-state index in [1.165, 1.54) is 18.3 Å². The van der Waals surface area contributed by atoms with Gasteiger partial charge in [0, 0.05) is 6.20 Å². The molecule has 18 heavy (non-hydrogen) atoms. The zero-order chi connectivity index (χ0) is 13.7. The highest BCUT2D eigenvalue weighted by Crippen LogP contribution is 2.10. The van der Waals surface area contributed by atoms with Gasteiger partial charge in [0.1, 0.15) is 18.9 Å². The van der Waals surface area contributed by atoms with E-state index < -0.39 is 30.9 Å². The molecule has 1 rings (SSSR count). The molecule has 0 fully saturated rings. The maximum atomic E-state index is 11.9. The van der Waals surface area contributed by atoms with Crippen molar-refractivity contribution in [3.63, 3.8) is 0 Å². The first kappa shape index (κ1) is 13.4. The minimum Gasteiger partial charge on any atom is -0.480 e. The minimum absolute atomic E-state index is 0.0278. The number of hydrogen-bond donors (Lipinski definition) is 3. The molecule has 0 aromatic carbocycles. The number of aromatic nitrogens is 1. The summed E-state index contributed by atoms with van der Waals surface area (Å²) in [5.74, 6) is -3.49. The Kier molecular flexibility index (Phi) is 4.19. The van der Waals surface area contributed by atoms with Crippen LogP contribution in [0.25, 0.3) is 0 Å². The summed E-state index contributed by atoms with van der Waals surface area (Å²) in [5.41, 5.74) is 5.44. The Balaban J connectivity index is 2.98. The molecule has 1 heterocycles. The third-order valence-corrected chi connectivity index (χ3v) is 2.01. The summed E-state index contributed by atoms with van der Waals surface area (Å²) >= 11 is 0. The molecular formula is C10H11N3O5. The Morgan fingerprint density at radius 3 is 2.22 bits per heavy atom. The SMILES string of the molecule is Nc1ncccc1C(=O)N(CC(=O)O)CC(=O)O. The van der Waals surface area contributed by atoms with Crippen molar-refractivity contribution in [1.82, 2.24) is 9.88 Å². The number of pyridine rings is 1. The lowest BCUT2D eigenvalue weighted by atomic mass is 10.2. The maximum absolute atomic E-state index is 11.9. The third-order valence-electron chi connectivity index (χ3n) is 2.01. The molecule has 0 saturated heterocycles. The van der Waals surface area contributed by atoms with E-state index in [9.17, 15) is 14.4 Å². The standard InChI is InChI=1S/C10H11N3O5/c11-9-6(2-1-3-12-9)10(18)13(4-7(14)15)5-8(16)17/h1-3H,4-5H2,(H2,11,12)(H,14,15)(H,16,17). The zero-order valence-corrected chi connectivity index (χ0v) is 9.24. The van der Waals surface area contributed by atoms with Gasteiger partial charge in [-0.05, 0) is 12.1 Å². The Labute approximate surface area is 102 Å². The second-order valence-electron chi connectivity index (χ2n) is 3.38. The van der Waals surface area contributed by atoms with Gasteiger partial charge >= 0.3 is 11.9 Å². The van der Waals surface area contributed by atoms with Gasteiger partial charge in [0.25, 0.3) is 5.91 Å². The Bertz CT molecular complexity index is 472. The molecule has 0 atom stereocenters. The Hall–Kier alpha value is -2.64. The van der Waals surface area contributed by atoms with Crippen LogP contribution in [-0.4, -0.2) is 51.0 Å². The number of nitrogens with zero attached hydrogens (tertiary/aromatic N) is 2. The second kappa shape index (κ2) is 5.62. The largest absolute Gasteiger partial charge is 0.480 e. The van der Waals surface area contributed by atoms with Crippen LogP contribution in [0.2, 0.25) is 0 Å². The lowest BCUT2D eigenvalue weighted by Crippen LogP contribution is -2.39. The van der Waals surface area contributed by atoms with E-state index >= 15 is 0 Å². The molecular weight excluding hydrogens is 242 g/mol. The highest BCUT2D eigenvalue weighted by atomic mass is 16.4. The van der Waals surface area contributed by atoms with Crippen LogP contribution in [0, 0.1) is 0 Å². The van der Waals surface area contributed by atoms with Crippen molar-refractivity contribution in [1.29, 1.82) is 0 Å². The van der Waals surface area contributed by atoms with Gasteiger partial charge in [0.2, 0.25) is 0 Å². The van der Waals surface area contributed by atoms with Crippen LogP contribution in [0.3, 0.4) is 0 Å². The number of anilines is 1. The van der Waals surface area contributed by atoms with Gasteiger partial charge in [0.15, 0.2) is 0 Å². The maximum Gasteiger partial charge on any atom is 0.323 e. The molecule has 96 valence electrons. The van der Waals surface area contributed by atoms with E-state index in [1.807, 2.05) is 0 Å². The number of nitrogens with two attached hydrogens (primary N) is 1. The van der Waals surface area contributed by atoms with Gasteiger partial charge in [-0.25, -0.2) is 4.98 Å². The number of hydrogen-bond acceptors (Lipinski definition) is 5. The van der Waals surface area contributed by atoms with Crippen molar-refractivity contribution in [2.24, 2.45) is 0 Å². The molecule has 0 aliphatic heterocycles. The van der Waals surface area contributed by atoms with Gasteiger partial charge in [0.05, 0.1) is 5.56 Å². The first-order chi connectivity index (χ1) is 8.41. The predicted molar refractivity (Wildman–Crippen MR) is 59.8 cm³/mol. The molecule has 8 heteroatoms. The first-order valence-electron chi connectivity index (χ1n) is 4.85. The zero-order valence-electron chi connectivity index (χ0n) is 9.24. The number of carbonyl (C=O) groups is 3. The Morgan fingerprint density at radius 2 is 1.78 bits per heavy atom. The van der Waals surface area contributed by atoms with Crippen LogP contribution in [0.1, 0.15) is 10.4 Å². The van der Waals surface area contributed by atoms with Crippen molar-refractivity contribution in [3.05, 3.63) is 23.9 Å². The summed E-state index contributed by atoms with van der Waals surface area (Å²) in [6.45, 7) is -1.45. The molecule has 0 bridgehead atoms. The van der Waals surface area contributed by atoms with Crippen LogP contribution in [0.4, 0.5) is 5.82 Å². The molecule has 4 N–H and O–H groups in total. The summed E-state index contributed by atoms with van der Waals surface area (Å²) < 4.78 is 0. The minimum atomic E-state index is -1.31. The van der Waals surface area contributed by atoms with E-state index in [0.717, 1.165) is 0 Å². The average molecular weight is 253 g/mol. The predicted octanol–water partition coefficient (Wildman–Crippen LogP) is -0.725. The number of aliphatic carboxylic acids is 2. The Morgan fingerprint density at radius 1 is 1.22 bits per heavy atom. The fourth-order valence-electron chi connectivity index (χ4n) is 1.29. The van der Waals surface area contributed by atoms with E-state index in [0.29, 0.717) is 4.90 Å². The molecule has 1 aromatic heterocycles. The highest BCUT2D eigenvalue weighted by molar-refractivity contribution is 6.00. The molecule has 0 saturated carbocycles. The van der Waals surface area contributed by atoms with E-state index in [2.05, 4.69) is 4.98 Å². The molecule has 0 aliphatic carbocycles. The van der Waals surface area contributed by atoms with Crippen molar-refractivity contribution >= 4 is 23.7 Å². The van der Waals surface area contributed by atoms with Crippen molar-refractivity contribution in [2.75, 3.05) is 18.8 Å². The summed E-state index contributed by atoms with van der Waals surface area (Å²) in [5, 5.41) is 17.3. The molecule has 8 nitrogen and oxygen atoms in total. The lowest BCUT2D eigenvalue weighted by Gasteiger charge is -2.18. The van der Waals surface area contributed by atoms with Crippen LogP contribution in [-0.2, 0) is 9.59 Å². The fourth-order valence-corrected chi connectivity index (χ4v) is 1.29. The van der Waals surface area contributed by atoms with Crippen LogP contribution >= 0.6 is 0 Å². The van der Waals surface area contributed by atoms with Crippen molar-refractivity contribution < 1.29 is 24.6 Å². The number of rotatable bonds is 5. The average Bonchev–Trinajstić information content (AvgIpc) is 2.26. The van der Waals surface area contributed by atoms with E-state index in [4.69, 9.17) is 15.9 Å². The quantitative estimate of drug-likeness (QED) is 0.630. The molecule has 1 amide bonds. The number of nitrogen functional groups attached to an aromatic ring is 1. The third kappa shape index (κ3) is 3.44. The second-order valence-corrected chi connectivity index (χ2v) is 3.38. The highest BCUT2D eigenvalue weighted by Gasteiger charge is 2.22. The fraction of sp³-hybridized carbons (Fsp3) is 0.200. The van der Waals surface area contributed by atoms with Gasteiger partial charge < -0.3 is 20.8 Å². The topological polar surface area (TPSA) is 134 Å². The lowest BCUT2D eigenvalue weighted by molar-refractivity contribution is -0.140. The summed E-state index contributed by atoms with van der Waals surface area (Å²) in [4.78, 5) is 37.4. The van der Waals surface area contributed by atoms with Crippen molar-refractivity contribution in [3.8, 4) is 0 Å². The smallest absolute Gasteiger partial charge is 0.323 e. The van der Waals surface area contributed by atoms with E-state index in [-0.39, 0.29) is 11.4 Å². The molecule has 0 unspecified atom stereocenters. The molecule has 1 aromatic rings. The van der Waals surface area contributed by atoms with Crippen LogP contribution in [0.15, 0.2) is 18.3 Å². The van der Waals surface area contributed by atoms with Crippen molar-refractivity contribution in [2.45, 2.75) is 0 Å².